The summed E-state index contributed by atoms with van der Waals surface area (Å²) in [5.74, 6) is -0.707. The van der Waals surface area contributed by atoms with E-state index < -0.39 is 0 Å². The molecule has 0 radical (unpaired) electrons. The van der Waals surface area contributed by atoms with Crippen LogP contribution in [0.15, 0.2) is 54.7 Å². The van der Waals surface area contributed by atoms with Crippen LogP contribution in [-0.2, 0) is 17.7 Å². The first-order valence-corrected chi connectivity index (χ1v) is 9.36. The van der Waals surface area contributed by atoms with Crippen LogP contribution >= 0.6 is 0 Å². The second-order valence-electron chi connectivity index (χ2n) is 7.01. The summed E-state index contributed by atoms with van der Waals surface area (Å²) < 4.78 is 21.4. The lowest BCUT2D eigenvalue weighted by Gasteiger charge is -2.22. The zero-order chi connectivity index (χ0) is 19.5. The molecule has 2 heterocycles. The second kappa shape index (κ2) is 7.94. The molecule has 28 heavy (non-hydrogen) atoms. The quantitative estimate of drug-likeness (QED) is 0.739. The first-order chi connectivity index (χ1) is 13.6. The molecule has 0 bridgehead atoms. The van der Waals surface area contributed by atoms with Crippen molar-refractivity contribution < 1.29 is 13.9 Å². The summed E-state index contributed by atoms with van der Waals surface area (Å²) in [6.45, 7) is 3.24. The molecule has 0 unspecified atom stereocenters. The molecule has 0 aliphatic carbocycles. The largest absolute Gasteiger partial charge is 0.370 e. The van der Waals surface area contributed by atoms with Crippen molar-refractivity contribution in [2.45, 2.75) is 26.0 Å². The number of hydrogen-bond acceptors (Lipinski definition) is 3. The molecular weight excluding hydrogens is 357 g/mol. The van der Waals surface area contributed by atoms with Crippen LogP contribution in [0.2, 0.25) is 0 Å². The highest BCUT2D eigenvalue weighted by molar-refractivity contribution is 5.94. The lowest BCUT2D eigenvalue weighted by atomic mass is 10.1. The normalized spacial score (nSPS) is 15.9. The Balaban J connectivity index is 1.44. The van der Waals surface area contributed by atoms with Gasteiger partial charge in [-0.1, -0.05) is 36.4 Å². The van der Waals surface area contributed by atoms with Crippen molar-refractivity contribution in [1.29, 1.82) is 0 Å². The number of hydrogen-bond donors (Lipinski definition) is 1. The van der Waals surface area contributed by atoms with Crippen molar-refractivity contribution in [3.05, 3.63) is 88.5 Å². The van der Waals surface area contributed by atoms with Crippen molar-refractivity contribution in [2.24, 2.45) is 0 Å². The number of amides is 1. The van der Waals surface area contributed by atoms with E-state index in [4.69, 9.17) is 4.74 Å². The van der Waals surface area contributed by atoms with Crippen LogP contribution in [0.4, 0.5) is 4.39 Å². The summed E-state index contributed by atoms with van der Waals surface area (Å²) in [6, 6.07) is 14.6. The van der Waals surface area contributed by atoms with Gasteiger partial charge < -0.3 is 10.1 Å². The minimum absolute atomic E-state index is 0.295. The fraction of sp³-hybridized carbons (Fsp3) is 0.273. The second-order valence-corrected chi connectivity index (χ2v) is 7.01. The third-order valence-corrected chi connectivity index (χ3v) is 4.93. The third kappa shape index (κ3) is 3.97. The summed E-state index contributed by atoms with van der Waals surface area (Å²) in [6.07, 6.45) is 2.55. The highest BCUT2D eigenvalue weighted by Gasteiger charge is 2.25. The summed E-state index contributed by atoms with van der Waals surface area (Å²) in [4.78, 5) is 12.4. The number of carbonyl (C=O) groups is 1. The molecule has 0 saturated heterocycles. The van der Waals surface area contributed by atoms with Crippen LogP contribution in [0.5, 0.6) is 0 Å². The van der Waals surface area contributed by atoms with Gasteiger partial charge in [-0.2, -0.15) is 5.10 Å². The summed E-state index contributed by atoms with van der Waals surface area (Å²) in [7, 11) is 0. The molecular formula is C22H22FN3O2. The van der Waals surface area contributed by atoms with E-state index in [1.165, 1.54) is 11.6 Å². The Labute approximate surface area is 163 Å². The summed E-state index contributed by atoms with van der Waals surface area (Å²) >= 11 is 0. The fourth-order valence-electron chi connectivity index (χ4n) is 3.36. The first kappa shape index (κ1) is 18.4. The van der Waals surface area contributed by atoms with Crippen LogP contribution in [0.25, 0.3) is 0 Å². The average Bonchev–Trinajstić information content (AvgIpc) is 3.12. The van der Waals surface area contributed by atoms with Crippen LogP contribution in [0, 0.1) is 12.7 Å². The molecule has 1 atom stereocenters. The van der Waals surface area contributed by atoms with Crippen molar-refractivity contribution in [2.75, 3.05) is 13.2 Å². The Morgan fingerprint density at radius 2 is 2.11 bits per heavy atom. The minimum Gasteiger partial charge on any atom is -0.370 e. The molecule has 3 aromatic rings. The van der Waals surface area contributed by atoms with E-state index in [1.807, 2.05) is 22.9 Å². The monoisotopic (exact) mass is 379 g/mol. The Morgan fingerprint density at radius 3 is 2.89 bits per heavy atom. The third-order valence-electron chi connectivity index (χ3n) is 4.93. The van der Waals surface area contributed by atoms with E-state index in [-0.39, 0.29) is 17.8 Å². The zero-order valence-corrected chi connectivity index (χ0v) is 15.7. The molecule has 5 nitrogen and oxygen atoms in total. The lowest BCUT2D eigenvalue weighted by molar-refractivity contribution is 0.0383. The first-order valence-electron chi connectivity index (χ1n) is 9.36. The smallest absolute Gasteiger partial charge is 0.251 e. The van der Waals surface area contributed by atoms with Gasteiger partial charge in [0.05, 0.1) is 18.8 Å². The maximum Gasteiger partial charge on any atom is 0.251 e. The number of halogens is 1. The van der Waals surface area contributed by atoms with E-state index in [0.29, 0.717) is 30.8 Å². The van der Waals surface area contributed by atoms with Gasteiger partial charge in [-0.05, 0) is 42.2 Å². The number of rotatable bonds is 5. The van der Waals surface area contributed by atoms with Gasteiger partial charge in [-0.3, -0.25) is 9.48 Å². The molecule has 4 rings (SSSR count). The summed E-state index contributed by atoms with van der Waals surface area (Å²) in [5, 5.41) is 7.52. The SMILES string of the molecule is Cc1ccc(C(=O)NC[C@@H]2OCCc3cn(Cc4ccccc4)nc32)cc1F. The molecule has 6 heteroatoms. The topological polar surface area (TPSA) is 56.1 Å². The van der Waals surface area contributed by atoms with Gasteiger partial charge in [0.1, 0.15) is 11.9 Å². The number of ether oxygens (including phenoxy) is 1. The Hall–Kier alpha value is -2.99. The zero-order valence-electron chi connectivity index (χ0n) is 15.7. The molecule has 1 aliphatic rings. The predicted octanol–water partition coefficient (Wildman–Crippen LogP) is 3.42. The molecule has 1 N–H and O–H groups in total. The van der Waals surface area contributed by atoms with Crippen molar-refractivity contribution in [3.63, 3.8) is 0 Å². The maximum absolute atomic E-state index is 13.7. The number of carbonyl (C=O) groups excluding carboxylic acids is 1. The van der Waals surface area contributed by atoms with Crippen LogP contribution in [0.1, 0.15) is 38.8 Å². The molecule has 1 aromatic heterocycles. The van der Waals surface area contributed by atoms with Gasteiger partial charge in [-0.25, -0.2) is 4.39 Å². The van der Waals surface area contributed by atoms with Crippen LogP contribution in [0.3, 0.4) is 0 Å². The van der Waals surface area contributed by atoms with Crippen LogP contribution < -0.4 is 5.32 Å². The molecule has 2 aromatic carbocycles. The van der Waals surface area contributed by atoms with Crippen molar-refractivity contribution in [3.8, 4) is 0 Å². The number of fused-ring (bicyclic) bond motifs is 1. The Morgan fingerprint density at radius 1 is 1.29 bits per heavy atom. The predicted molar refractivity (Wildman–Crippen MR) is 104 cm³/mol. The molecule has 1 aliphatic heterocycles. The van der Waals surface area contributed by atoms with E-state index in [1.54, 1.807) is 19.1 Å². The Kier molecular flexibility index (Phi) is 5.21. The van der Waals surface area contributed by atoms with Gasteiger partial charge in [0, 0.05) is 18.3 Å². The summed E-state index contributed by atoms with van der Waals surface area (Å²) in [5.41, 5.74) is 3.99. The van der Waals surface area contributed by atoms with Gasteiger partial charge in [-0.15, -0.1) is 0 Å². The molecule has 0 fully saturated rings. The minimum atomic E-state index is -0.386. The number of aryl methyl sites for hydroxylation is 1. The molecule has 144 valence electrons. The van der Waals surface area contributed by atoms with Crippen molar-refractivity contribution >= 4 is 5.91 Å². The standard InChI is InChI=1S/C22H22FN3O2/c1-15-7-8-17(11-19(15)23)22(27)24-12-20-21-18(9-10-28-20)14-26(25-21)13-16-5-3-2-4-6-16/h2-8,11,14,20H,9-10,12-13H2,1H3,(H,24,27)/t20-/m0/s1. The highest BCUT2D eigenvalue weighted by Crippen LogP contribution is 2.25. The number of nitrogens with one attached hydrogen (secondary N) is 1. The number of benzene rings is 2. The molecule has 1 amide bonds. The van der Waals surface area contributed by atoms with E-state index >= 15 is 0 Å². The Bertz CT molecular complexity index is 985. The van der Waals surface area contributed by atoms with E-state index in [9.17, 15) is 9.18 Å². The lowest BCUT2D eigenvalue weighted by Crippen LogP contribution is -2.32. The van der Waals surface area contributed by atoms with Crippen LogP contribution in [-0.4, -0.2) is 28.8 Å². The number of nitrogens with zero attached hydrogens (tertiary/aromatic N) is 2. The van der Waals surface area contributed by atoms with Crippen molar-refractivity contribution in [1.82, 2.24) is 15.1 Å². The highest BCUT2D eigenvalue weighted by atomic mass is 19.1. The van der Waals surface area contributed by atoms with E-state index in [0.717, 1.165) is 17.7 Å². The van der Waals surface area contributed by atoms with Gasteiger partial charge >= 0.3 is 0 Å². The maximum atomic E-state index is 13.7. The van der Waals surface area contributed by atoms with E-state index in [2.05, 4.69) is 28.7 Å². The fourth-order valence-corrected chi connectivity index (χ4v) is 3.36. The van der Waals surface area contributed by atoms with Gasteiger partial charge in [0.15, 0.2) is 0 Å². The van der Waals surface area contributed by atoms with Gasteiger partial charge in [0.25, 0.3) is 5.91 Å². The number of aromatic nitrogens is 2. The van der Waals surface area contributed by atoms with Gasteiger partial charge in [0.2, 0.25) is 0 Å². The molecule has 0 saturated carbocycles. The molecule has 0 spiro atoms. The average molecular weight is 379 g/mol.